The van der Waals surface area contributed by atoms with Gasteiger partial charge in [-0.05, 0) is 49.2 Å². The number of hydrogen-bond donors (Lipinski definition) is 2. The van der Waals surface area contributed by atoms with Crippen molar-refractivity contribution in [3.05, 3.63) is 63.1 Å². The fraction of sp³-hybridized carbons (Fsp3) is 0.238. The average molecular weight is 473 g/mol. The Labute approximate surface area is 179 Å². The van der Waals surface area contributed by atoms with Crippen LogP contribution in [-0.2, 0) is 4.74 Å². The third kappa shape index (κ3) is 3.73. The van der Waals surface area contributed by atoms with Crippen molar-refractivity contribution in [3.63, 3.8) is 0 Å². The number of carboxylic acid groups (broad SMARTS) is 1. The molecular formula is C21H17BrN2O6. The molecule has 1 saturated heterocycles. The number of nitrogens with one attached hydrogen (secondary N) is 1. The van der Waals surface area contributed by atoms with Crippen LogP contribution in [0.25, 0.3) is 0 Å². The summed E-state index contributed by atoms with van der Waals surface area (Å²) in [7, 11) is 0. The van der Waals surface area contributed by atoms with E-state index in [0.29, 0.717) is 11.1 Å². The number of amides is 3. The number of aromatic carboxylic acids is 1. The van der Waals surface area contributed by atoms with Gasteiger partial charge in [-0.25, -0.2) is 4.79 Å². The van der Waals surface area contributed by atoms with Crippen LogP contribution in [0.5, 0.6) is 0 Å². The third-order valence-corrected chi connectivity index (χ3v) is 5.60. The Balaban J connectivity index is 1.56. The van der Waals surface area contributed by atoms with E-state index in [9.17, 15) is 24.3 Å². The van der Waals surface area contributed by atoms with Crippen LogP contribution >= 0.6 is 15.9 Å². The fourth-order valence-corrected chi connectivity index (χ4v) is 3.95. The van der Waals surface area contributed by atoms with Gasteiger partial charge in [-0.3, -0.25) is 19.3 Å². The lowest BCUT2D eigenvalue weighted by Crippen LogP contribution is -2.36. The van der Waals surface area contributed by atoms with Crippen LogP contribution in [0.15, 0.2) is 40.9 Å². The number of ether oxygens (including phenoxy) is 1. The van der Waals surface area contributed by atoms with Crippen molar-refractivity contribution in [1.82, 2.24) is 4.90 Å². The van der Waals surface area contributed by atoms with E-state index < -0.39 is 23.7 Å². The van der Waals surface area contributed by atoms with E-state index in [1.54, 1.807) is 6.07 Å². The molecule has 0 bridgehead atoms. The molecule has 4 rings (SSSR count). The van der Waals surface area contributed by atoms with Crippen LogP contribution < -0.4 is 5.32 Å². The zero-order valence-electron chi connectivity index (χ0n) is 15.7. The molecule has 8 nitrogen and oxygen atoms in total. The van der Waals surface area contributed by atoms with Gasteiger partial charge in [0.2, 0.25) is 0 Å². The molecule has 2 heterocycles. The van der Waals surface area contributed by atoms with Crippen molar-refractivity contribution >= 4 is 45.3 Å². The first-order valence-electron chi connectivity index (χ1n) is 9.31. The molecule has 3 amide bonds. The molecule has 2 aromatic carbocycles. The second kappa shape index (κ2) is 8.00. The Morgan fingerprint density at radius 1 is 1.13 bits per heavy atom. The van der Waals surface area contributed by atoms with E-state index in [1.807, 2.05) is 0 Å². The largest absolute Gasteiger partial charge is 0.478 e. The Hall–Kier alpha value is -3.04. The summed E-state index contributed by atoms with van der Waals surface area (Å²) in [5.74, 6) is -2.64. The molecular weight excluding hydrogens is 456 g/mol. The van der Waals surface area contributed by atoms with Gasteiger partial charge >= 0.3 is 5.97 Å². The molecule has 0 saturated carbocycles. The summed E-state index contributed by atoms with van der Waals surface area (Å²) in [6.45, 7) is 0.807. The number of imide groups is 1. The molecule has 154 valence electrons. The van der Waals surface area contributed by atoms with Crippen molar-refractivity contribution < 1.29 is 29.0 Å². The molecule has 2 aromatic rings. The number of hydrogen-bond acceptors (Lipinski definition) is 5. The lowest BCUT2D eigenvalue weighted by atomic mass is 10.0. The van der Waals surface area contributed by atoms with Gasteiger partial charge in [-0.2, -0.15) is 0 Å². The van der Waals surface area contributed by atoms with Crippen LogP contribution in [0.4, 0.5) is 5.69 Å². The molecule has 0 unspecified atom stereocenters. The average Bonchev–Trinajstić information content (AvgIpc) is 3.32. The van der Waals surface area contributed by atoms with Gasteiger partial charge in [-0.1, -0.05) is 15.9 Å². The summed E-state index contributed by atoms with van der Waals surface area (Å²) in [5.41, 5.74) is 0.587. The summed E-state index contributed by atoms with van der Waals surface area (Å²) in [5, 5.41) is 11.9. The first-order chi connectivity index (χ1) is 14.3. The second-order valence-electron chi connectivity index (χ2n) is 7.07. The predicted molar refractivity (Wildman–Crippen MR) is 110 cm³/mol. The summed E-state index contributed by atoms with van der Waals surface area (Å²) >= 11 is 3.20. The summed E-state index contributed by atoms with van der Waals surface area (Å²) in [4.78, 5) is 50.6. The standard InChI is InChI=1S/C21H17BrN2O6/c22-12-4-6-17(16(9-12)21(28)29)23-18(25)11-3-5-14-15(8-11)20(27)24(19(14)26)10-13-2-1-7-30-13/h3-6,8-9,13H,1-2,7,10H2,(H,23,25)(H,28,29)/t13-/m1/s1. The molecule has 0 radical (unpaired) electrons. The smallest absolute Gasteiger partial charge is 0.337 e. The number of nitrogens with zero attached hydrogens (tertiary/aromatic N) is 1. The summed E-state index contributed by atoms with van der Waals surface area (Å²) in [6.07, 6.45) is 1.52. The molecule has 9 heteroatoms. The first kappa shape index (κ1) is 20.2. The third-order valence-electron chi connectivity index (χ3n) is 5.10. The molecule has 0 spiro atoms. The summed E-state index contributed by atoms with van der Waals surface area (Å²) < 4.78 is 6.08. The van der Waals surface area contributed by atoms with Crippen molar-refractivity contribution in [3.8, 4) is 0 Å². The number of fused-ring (bicyclic) bond motifs is 1. The zero-order chi connectivity index (χ0) is 21.4. The summed E-state index contributed by atoms with van der Waals surface area (Å²) in [6, 6.07) is 8.70. The van der Waals surface area contributed by atoms with Crippen molar-refractivity contribution in [1.29, 1.82) is 0 Å². The van der Waals surface area contributed by atoms with E-state index in [0.717, 1.165) is 17.7 Å². The van der Waals surface area contributed by atoms with E-state index in [-0.39, 0.29) is 40.6 Å². The van der Waals surface area contributed by atoms with E-state index in [1.165, 1.54) is 30.3 Å². The molecule has 30 heavy (non-hydrogen) atoms. The van der Waals surface area contributed by atoms with Gasteiger partial charge in [-0.15, -0.1) is 0 Å². The molecule has 2 aliphatic heterocycles. The highest BCUT2D eigenvalue weighted by atomic mass is 79.9. The van der Waals surface area contributed by atoms with Crippen LogP contribution in [0.3, 0.4) is 0 Å². The van der Waals surface area contributed by atoms with E-state index >= 15 is 0 Å². The van der Waals surface area contributed by atoms with Crippen molar-refractivity contribution in [2.75, 3.05) is 18.5 Å². The Kier molecular flexibility index (Phi) is 5.40. The number of benzene rings is 2. The lowest BCUT2D eigenvalue weighted by Gasteiger charge is -2.17. The van der Waals surface area contributed by atoms with E-state index in [2.05, 4.69) is 21.2 Å². The minimum Gasteiger partial charge on any atom is -0.478 e. The Morgan fingerprint density at radius 2 is 1.90 bits per heavy atom. The Bertz CT molecular complexity index is 1080. The number of carboxylic acids is 1. The molecule has 1 atom stereocenters. The highest BCUT2D eigenvalue weighted by molar-refractivity contribution is 9.10. The van der Waals surface area contributed by atoms with Crippen LogP contribution in [0.1, 0.15) is 54.3 Å². The molecule has 0 aliphatic carbocycles. The first-order valence-corrected chi connectivity index (χ1v) is 10.1. The second-order valence-corrected chi connectivity index (χ2v) is 7.98. The highest BCUT2D eigenvalue weighted by Crippen LogP contribution is 2.27. The van der Waals surface area contributed by atoms with Crippen LogP contribution in [0.2, 0.25) is 0 Å². The number of anilines is 1. The quantitative estimate of drug-likeness (QED) is 0.646. The van der Waals surface area contributed by atoms with Gasteiger partial charge in [0.1, 0.15) is 0 Å². The highest BCUT2D eigenvalue weighted by Gasteiger charge is 2.38. The molecule has 0 aromatic heterocycles. The minimum absolute atomic E-state index is 0.0760. The Morgan fingerprint density at radius 3 is 2.60 bits per heavy atom. The predicted octanol–water partition coefficient (Wildman–Crippen LogP) is 3.17. The van der Waals surface area contributed by atoms with Gasteiger partial charge in [0.15, 0.2) is 0 Å². The van der Waals surface area contributed by atoms with Crippen LogP contribution in [0, 0.1) is 0 Å². The zero-order valence-corrected chi connectivity index (χ0v) is 17.3. The van der Waals surface area contributed by atoms with Gasteiger partial charge in [0.25, 0.3) is 17.7 Å². The van der Waals surface area contributed by atoms with Gasteiger partial charge in [0.05, 0.1) is 35.0 Å². The fourth-order valence-electron chi connectivity index (χ4n) is 3.59. The SMILES string of the molecule is O=C(Nc1ccc(Br)cc1C(=O)O)c1ccc2c(c1)C(=O)N(C[C@H]1CCCO1)C2=O. The maximum atomic E-state index is 12.7. The normalized spacial score (nSPS) is 17.9. The number of carbonyl (C=O) groups excluding carboxylic acids is 3. The lowest BCUT2D eigenvalue weighted by molar-refractivity contribution is 0.0475. The molecule has 2 aliphatic rings. The number of halogens is 1. The molecule has 2 N–H and O–H groups in total. The monoisotopic (exact) mass is 472 g/mol. The van der Waals surface area contributed by atoms with E-state index in [4.69, 9.17) is 4.74 Å². The number of rotatable bonds is 5. The van der Waals surface area contributed by atoms with Crippen molar-refractivity contribution in [2.24, 2.45) is 0 Å². The maximum Gasteiger partial charge on any atom is 0.337 e. The van der Waals surface area contributed by atoms with Crippen molar-refractivity contribution in [2.45, 2.75) is 18.9 Å². The van der Waals surface area contributed by atoms with Gasteiger partial charge < -0.3 is 15.2 Å². The maximum absolute atomic E-state index is 12.7. The van der Waals surface area contributed by atoms with Gasteiger partial charge in [0, 0.05) is 16.6 Å². The molecule has 1 fully saturated rings. The van der Waals surface area contributed by atoms with Crippen LogP contribution in [-0.4, -0.2) is 53.0 Å². The number of carbonyl (C=O) groups is 4. The topological polar surface area (TPSA) is 113 Å². The minimum atomic E-state index is -1.19.